The summed E-state index contributed by atoms with van der Waals surface area (Å²) >= 11 is 0. The lowest BCUT2D eigenvalue weighted by molar-refractivity contribution is -0.127. The van der Waals surface area contributed by atoms with Gasteiger partial charge >= 0.3 is 0 Å². The Hall–Kier alpha value is -1.55. The Bertz CT molecular complexity index is 436. The number of benzene rings is 1. The maximum absolute atomic E-state index is 11.9. The highest BCUT2D eigenvalue weighted by atomic mass is 16.5. The molecule has 0 aromatic heterocycles. The summed E-state index contributed by atoms with van der Waals surface area (Å²) < 4.78 is 10.9. The molecule has 1 aromatic rings. The summed E-state index contributed by atoms with van der Waals surface area (Å²) in [5, 5.41) is 2.93. The van der Waals surface area contributed by atoms with Gasteiger partial charge in [0.1, 0.15) is 12.4 Å². The minimum Gasteiger partial charge on any atom is -0.492 e. The van der Waals surface area contributed by atoms with Gasteiger partial charge in [-0.15, -0.1) is 0 Å². The normalized spacial score (nSPS) is 16.0. The molecule has 4 nitrogen and oxygen atoms in total. The molecule has 21 heavy (non-hydrogen) atoms. The molecule has 1 fully saturated rings. The van der Waals surface area contributed by atoms with Gasteiger partial charge in [0.2, 0.25) is 5.91 Å². The first-order valence-electron chi connectivity index (χ1n) is 7.75. The molecular formula is C17H25NO3. The lowest BCUT2D eigenvalue weighted by Gasteiger charge is -2.21. The van der Waals surface area contributed by atoms with Crippen LogP contribution in [0.2, 0.25) is 0 Å². The van der Waals surface area contributed by atoms with E-state index >= 15 is 0 Å². The van der Waals surface area contributed by atoms with Gasteiger partial charge in [-0.2, -0.15) is 0 Å². The van der Waals surface area contributed by atoms with Crippen molar-refractivity contribution in [2.75, 3.05) is 26.4 Å². The number of ether oxygens (including phenoxy) is 2. The van der Waals surface area contributed by atoms with Crippen LogP contribution in [0.15, 0.2) is 24.3 Å². The zero-order chi connectivity index (χ0) is 15.1. The molecule has 1 aromatic carbocycles. The number of hydrogen-bond acceptors (Lipinski definition) is 3. The molecule has 1 saturated heterocycles. The first kappa shape index (κ1) is 15.8. The second kappa shape index (κ2) is 8.03. The van der Waals surface area contributed by atoms with Crippen molar-refractivity contribution in [2.24, 2.45) is 5.92 Å². The monoisotopic (exact) mass is 291 g/mol. The van der Waals surface area contributed by atoms with Gasteiger partial charge in [-0.1, -0.05) is 26.0 Å². The van der Waals surface area contributed by atoms with Gasteiger partial charge in [0, 0.05) is 19.1 Å². The Balaban J connectivity index is 1.66. The zero-order valence-electron chi connectivity index (χ0n) is 12.9. The summed E-state index contributed by atoms with van der Waals surface area (Å²) in [6.45, 7) is 6.76. The van der Waals surface area contributed by atoms with Gasteiger partial charge in [-0.05, 0) is 36.5 Å². The first-order chi connectivity index (χ1) is 10.2. The van der Waals surface area contributed by atoms with Gasteiger partial charge in [-0.3, -0.25) is 4.79 Å². The molecule has 0 unspecified atom stereocenters. The van der Waals surface area contributed by atoms with E-state index in [4.69, 9.17) is 9.47 Å². The molecule has 0 radical (unpaired) electrons. The maximum atomic E-state index is 11.9. The summed E-state index contributed by atoms with van der Waals surface area (Å²) in [6.07, 6.45) is 1.65. The van der Waals surface area contributed by atoms with E-state index in [0.717, 1.165) is 18.6 Å². The quantitative estimate of drug-likeness (QED) is 0.820. The molecule has 0 spiro atoms. The van der Waals surface area contributed by atoms with Crippen LogP contribution in [-0.2, 0) is 9.53 Å². The number of carbonyl (C=O) groups is 1. The molecule has 1 N–H and O–H groups in total. The molecule has 4 heteroatoms. The number of rotatable bonds is 6. The largest absolute Gasteiger partial charge is 0.492 e. The van der Waals surface area contributed by atoms with E-state index in [1.807, 2.05) is 12.1 Å². The van der Waals surface area contributed by atoms with Crippen LogP contribution in [-0.4, -0.2) is 32.3 Å². The van der Waals surface area contributed by atoms with Crippen molar-refractivity contribution in [1.29, 1.82) is 0 Å². The number of nitrogens with one attached hydrogen (secondary N) is 1. The summed E-state index contributed by atoms with van der Waals surface area (Å²) in [5.41, 5.74) is 1.30. The molecule has 1 aliphatic rings. The Morgan fingerprint density at radius 1 is 1.29 bits per heavy atom. The van der Waals surface area contributed by atoms with Gasteiger partial charge in [0.05, 0.1) is 6.54 Å². The summed E-state index contributed by atoms with van der Waals surface area (Å²) in [7, 11) is 0. The zero-order valence-corrected chi connectivity index (χ0v) is 12.9. The van der Waals surface area contributed by atoms with Crippen LogP contribution in [0.3, 0.4) is 0 Å². The van der Waals surface area contributed by atoms with E-state index < -0.39 is 0 Å². The Morgan fingerprint density at radius 2 is 1.95 bits per heavy atom. The minimum absolute atomic E-state index is 0.101. The molecule has 116 valence electrons. The number of amides is 1. The third-order valence-electron chi connectivity index (χ3n) is 3.81. The fourth-order valence-electron chi connectivity index (χ4n) is 2.40. The molecule has 0 aliphatic carbocycles. The third-order valence-corrected chi connectivity index (χ3v) is 3.81. The van der Waals surface area contributed by atoms with Gasteiger partial charge in [0.15, 0.2) is 0 Å². The third kappa shape index (κ3) is 5.05. The molecule has 0 saturated carbocycles. The lowest BCUT2D eigenvalue weighted by atomic mass is 9.99. The average molecular weight is 291 g/mol. The van der Waals surface area contributed by atoms with E-state index in [1.54, 1.807) is 0 Å². The Morgan fingerprint density at radius 3 is 2.57 bits per heavy atom. The molecule has 1 amide bonds. The van der Waals surface area contributed by atoms with E-state index in [1.165, 1.54) is 5.56 Å². The predicted octanol–water partition coefficient (Wildman–Crippen LogP) is 2.73. The van der Waals surface area contributed by atoms with Gasteiger partial charge in [-0.25, -0.2) is 0 Å². The number of carbonyl (C=O) groups excluding carboxylic acids is 1. The van der Waals surface area contributed by atoms with Gasteiger partial charge in [0.25, 0.3) is 0 Å². The van der Waals surface area contributed by atoms with E-state index in [0.29, 0.717) is 32.3 Å². The van der Waals surface area contributed by atoms with Crippen molar-refractivity contribution in [1.82, 2.24) is 5.32 Å². The molecule has 1 heterocycles. The van der Waals surface area contributed by atoms with Gasteiger partial charge < -0.3 is 14.8 Å². The average Bonchev–Trinajstić information content (AvgIpc) is 2.52. The second-order valence-corrected chi connectivity index (χ2v) is 5.75. The van der Waals surface area contributed by atoms with Crippen LogP contribution >= 0.6 is 0 Å². The van der Waals surface area contributed by atoms with Crippen LogP contribution in [0.4, 0.5) is 0 Å². The Labute approximate surface area is 126 Å². The highest BCUT2D eigenvalue weighted by Crippen LogP contribution is 2.18. The summed E-state index contributed by atoms with van der Waals surface area (Å²) in [4.78, 5) is 11.9. The molecular weight excluding hydrogens is 266 g/mol. The van der Waals surface area contributed by atoms with Crippen molar-refractivity contribution in [3.05, 3.63) is 29.8 Å². The highest BCUT2D eigenvalue weighted by Gasteiger charge is 2.20. The first-order valence-corrected chi connectivity index (χ1v) is 7.75. The standard InChI is InChI=1S/C17H25NO3/c1-13(2)14-3-5-16(6-4-14)21-12-9-18-17(19)15-7-10-20-11-8-15/h3-6,13,15H,7-12H2,1-2H3,(H,18,19). The lowest BCUT2D eigenvalue weighted by Crippen LogP contribution is -2.36. The SMILES string of the molecule is CC(C)c1ccc(OCCNC(=O)C2CCOCC2)cc1. The van der Waals surface area contributed by atoms with Crippen LogP contribution in [0, 0.1) is 5.92 Å². The van der Waals surface area contributed by atoms with Crippen molar-refractivity contribution >= 4 is 5.91 Å². The topological polar surface area (TPSA) is 47.6 Å². The molecule has 0 bridgehead atoms. The van der Waals surface area contributed by atoms with Crippen LogP contribution in [0.5, 0.6) is 5.75 Å². The van der Waals surface area contributed by atoms with Crippen LogP contribution in [0.25, 0.3) is 0 Å². The summed E-state index contributed by atoms with van der Waals surface area (Å²) in [5.74, 6) is 1.60. The van der Waals surface area contributed by atoms with E-state index in [2.05, 4.69) is 31.3 Å². The van der Waals surface area contributed by atoms with E-state index in [9.17, 15) is 4.79 Å². The van der Waals surface area contributed by atoms with Crippen molar-refractivity contribution in [2.45, 2.75) is 32.6 Å². The van der Waals surface area contributed by atoms with Crippen LogP contribution < -0.4 is 10.1 Å². The highest BCUT2D eigenvalue weighted by molar-refractivity contribution is 5.78. The molecule has 1 aliphatic heterocycles. The fraction of sp³-hybridized carbons (Fsp3) is 0.588. The van der Waals surface area contributed by atoms with Crippen molar-refractivity contribution < 1.29 is 14.3 Å². The molecule has 0 atom stereocenters. The predicted molar refractivity (Wildman–Crippen MR) is 82.6 cm³/mol. The minimum atomic E-state index is 0.101. The smallest absolute Gasteiger partial charge is 0.223 e. The van der Waals surface area contributed by atoms with Crippen molar-refractivity contribution in [3.8, 4) is 5.75 Å². The second-order valence-electron chi connectivity index (χ2n) is 5.75. The van der Waals surface area contributed by atoms with Crippen molar-refractivity contribution in [3.63, 3.8) is 0 Å². The maximum Gasteiger partial charge on any atom is 0.223 e. The summed E-state index contributed by atoms with van der Waals surface area (Å²) in [6, 6.07) is 8.13. The Kier molecular flexibility index (Phi) is 6.05. The fourth-order valence-corrected chi connectivity index (χ4v) is 2.40. The molecule has 2 rings (SSSR count). The van der Waals surface area contributed by atoms with E-state index in [-0.39, 0.29) is 11.8 Å². The van der Waals surface area contributed by atoms with Crippen LogP contribution in [0.1, 0.15) is 38.2 Å². The number of hydrogen-bond donors (Lipinski definition) is 1.